The van der Waals surface area contributed by atoms with Crippen LogP contribution in [-0.4, -0.2) is 35.0 Å². The number of piperidine rings is 2. The fraction of sp³-hybridized carbons (Fsp3) is 0.700. The van der Waals surface area contributed by atoms with Crippen molar-refractivity contribution < 1.29 is 0 Å². The van der Waals surface area contributed by atoms with Crippen LogP contribution in [0.2, 0.25) is 0 Å². The number of nitrogens with zero attached hydrogens (tertiary/aromatic N) is 2. The first-order chi connectivity index (χ1) is 10.7. The summed E-state index contributed by atoms with van der Waals surface area (Å²) in [6.45, 7) is 9.56. The molecule has 2 fully saturated rings. The van der Waals surface area contributed by atoms with E-state index in [1.165, 1.54) is 62.7 Å². The molecule has 1 aromatic carbocycles. The average Bonchev–Trinajstić information content (AvgIpc) is 2.54. The van der Waals surface area contributed by atoms with E-state index in [4.69, 9.17) is 0 Å². The summed E-state index contributed by atoms with van der Waals surface area (Å²) < 4.78 is 0. The highest BCUT2D eigenvalue weighted by atomic mass is 15.2. The molecule has 2 aliphatic rings. The standard InChI is InChI=1S/C20H32N2/c1-17-7-3-5-13-21(17)15-19-9-11-20(12-10-19)16-22-14-6-4-8-18(22)2/h9-12,17-18H,3-8,13-16H2,1-2H3. The largest absolute Gasteiger partial charge is 0.296 e. The van der Waals surface area contributed by atoms with Crippen molar-refractivity contribution in [3.8, 4) is 0 Å². The van der Waals surface area contributed by atoms with Gasteiger partial charge in [-0.25, -0.2) is 0 Å². The van der Waals surface area contributed by atoms with Crippen molar-refractivity contribution in [2.75, 3.05) is 13.1 Å². The molecule has 0 N–H and O–H groups in total. The zero-order chi connectivity index (χ0) is 15.4. The summed E-state index contributed by atoms with van der Waals surface area (Å²) in [5, 5.41) is 0. The van der Waals surface area contributed by atoms with Gasteiger partial charge in [0.1, 0.15) is 0 Å². The SMILES string of the molecule is CC1CCCCN1Cc1ccc(CN2CCCCC2C)cc1. The van der Waals surface area contributed by atoms with Crippen molar-refractivity contribution in [2.45, 2.75) is 77.5 Å². The van der Waals surface area contributed by atoms with Gasteiger partial charge in [0.2, 0.25) is 0 Å². The molecule has 0 saturated carbocycles. The molecule has 2 nitrogen and oxygen atoms in total. The van der Waals surface area contributed by atoms with Gasteiger partial charge < -0.3 is 0 Å². The van der Waals surface area contributed by atoms with Crippen LogP contribution in [0, 0.1) is 0 Å². The van der Waals surface area contributed by atoms with Crippen LogP contribution >= 0.6 is 0 Å². The Labute approximate surface area is 136 Å². The average molecular weight is 300 g/mol. The van der Waals surface area contributed by atoms with Crippen LogP contribution in [0.25, 0.3) is 0 Å². The first-order valence-electron chi connectivity index (χ1n) is 9.28. The third-order valence-electron chi connectivity index (χ3n) is 5.68. The van der Waals surface area contributed by atoms with E-state index in [2.05, 4.69) is 47.9 Å². The van der Waals surface area contributed by atoms with Gasteiger partial charge in [-0.15, -0.1) is 0 Å². The van der Waals surface area contributed by atoms with Crippen LogP contribution in [0.4, 0.5) is 0 Å². The highest BCUT2D eigenvalue weighted by molar-refractivity contribution is 5.22. The minimum absolute atomic E-state index is 0.752. The van der Waals surface area contributed by atoms with Crippen LogP contribution in [-0.2, 0) is 13.1 Å². The van der Waals surface area contributed by atoms with Crippen LogP contribution in [0.5, 0.6) is 0 Å². The fourth-order valence-corrected chi connectivity index (χ4v) is 4.00. The van der Waals surface area contributed by atoms with Gasteiger partial charge >= 0.3 is 0 Å². The molecule has 0 spiro atoms. The van der Waals surface area contributed by atoms with E-state index < -0.39 is 0 Å². The molecule has 2 heteroatoms. The summed E-state index contributed by atoms with van der Waals surface area (Å²) >= 11 is 0. The third-order valence-corrected chi connectivity index (χ3v) is 5.68. The van der Waals surface area contributed by atoms with Gasteiger partial charge in [0, 0.05) is 25.2 Å². The number of rotatable bonds is 4. The second kappa shape index (κ2) is 7.61. The Balaban J connectivity index is 1.55. The van der Waals surface area contributed by atoms with Gasteiger partial charge in [0.25, 0.3) is 0 Å². The highest BCUT2D eigenvalue weighted by Crippen LogP contribution is 2.21. The minimum Gasteiger partial charge on any atom is -0.296 e. The first kappa shape index (κ1) is 16.0. The van der Waals surface area contributed by atoms with E-state index in [1.807, 2.05) is 0 Å². The summed E-state index contributed by atoms with van der Waals surface area (Å²) in [4.78, 5) is 5.29. The Kier molecular flexibility index (Phi) is 5.54. The normalized spacial score (nSPS) is 27.9. The predicted molar refractivity (Wildman–Crippen MR) is 93.9 cm³/mol. The van der Waals surface area contributed by atoms with Crippen LogP contribution in [0.15, 0.2) is 24.3 Å². The smallest absolute Gasteiger partial charge is 0.0236 e. The predicted octanol–water partition coefficient (Wildman–Crippen LogP) is 4.44. The lowest BCUT2D eigenvalue weighted by Crippen LogP contribution is -2.37. The van der Waals surface area contributed by atoms with Crippen LogP contribution in [0.3, 0.4) is 0 Å². The van der Waals surface area contributed by atoms with E-state index >= 15 is 0 Å². The van der Waals surface area contributed by atoms with E-state index in [1.54, 1.807) is 0 Å². The van der Waals surface area contributed by atoms with Crippen LogP contribution in [0.1, 0.15) is 63.5 Å². The molecule has 2 unspecified atom stereocenters. The minimum atomic E-state index is 0.752. The van der Waals surface area contributed by atoms with Gasteiger partial charge in [-0.05, 0) is 63.7 Å². The van der Waals surface area contributed by atoms with E-state index in [-0.39, 0.29) is 0 Å². The quantitative estimate of drug-likeness (QED) is 0.811. The number of benzene rings is 1. The van der Waals surface area contributed by atoms with E-state index in [9.17, 15) is 0 Å². The summed E-state index contributed by atoms with van der Waals surface area (Å²) in [6.07, 6.45) is 8.29. The molecule has 22 heavy (non-hydrogen) atoms. The molecule has 3 rings (SSSR count). The molecule has 122 valence electrons. The second-order valence-electron chi connectivity index (χ2n) is 7.45. The van der Waals surface area contributed by atoms with Gasteiger partial charge in [0.15, 0.2) is 0 Å². The van der Waals surface area contributed by atoms with Crippen molar-refractivity contribution in [1.82, 2.24) is 9.80 Å². The van der Waals surface area contributed by atoms with Gasteiger partial charge in [-0.3, -0.25) is 9.80 Å². The molecule has 2 atom stereocenters. The molecular formula is C20H32N2. The molecule has 1 aromatic rings. The monoisotopic (exact) mass is 300 g/mol. The lowest BCUT2D eigenvalue weighted by atomic mass is 10.0. The van der Waals surface area contributed by atoms with E-state index in [0.717, 1.165) is 25.2 Å². The Morgan fingerprint density at radius 2 is 1.14 bits per heavy atom. The third kappa shape index (κ3) is 4.11. The summed E-state index contributed by atoms with van der Waals surface area (Å²) in [5.74, 6) is 0. The maximum atomic E-state index is 2.64. The second-order valence-corrected chi connectivity index (χ2v) is 7.45. The van der Waals surface area contributed by atoms with Crippen molar-refractivity contribution in [1.29, 1.82) is 0 Å². The zero-order valence-electron chi connectivity index (χ0n) is 14.4. The lowest BCUT2D eigenvalue weighted by Gasteiger charge is -2.34. The Hall–Kier alpha value is -0.860. The molecule has 0 bridgehead atoms. The van der Waals surface area contributed by atoms with Crippen molar-refractivity contribution in [2.24, 2.45) is 0 Å². The summed E-state index contributed by atoms with van der Waals surface area (Å²) in [6, 6.07) is 10.9. The van der Waals surface area contributed by atoms with Crippen LogP contribution < -0.4 is 0 Å². The van der Waals surface area contributed by atoms with Crippen molar-refractivity contribution in [3.63, 3.8) is 0 Å². The summed E-state index contributed by atoms with van der Waals surface area (Å²) in [5.41, 5.74) is 2.95. The Morgan fingerprint density at radius 1 is 0.727 bits per heavy atom. The molecule has 0 aliphatic carbocycles. The number of hydrogen-bond acceptors (Lipinski definition) is 2. The van der Waals surface area contributed by atoms with Gasteiger partial charge in [-0.2, -0.15) is 0 Å². The molecule has 2 aliphatic heterocycles. The maximum Gasteiger partial charge on any atom is 0.0236 e. The van der Waals surface area contributed by atoms with Gasteiger partial charge in [-0.1, -0.05) is 37.1 Å². The van der Waals surface area contributed by atoms with E-state index in [0.29, 0.717) is 0 Å². The molecular weight excluding hydrogens is 268 g/mol. The summed E-state index contributed by atoms with van der Waals surface area (Å²) in [7, 11) is 0. The van der Waals surface area contributed by atoms with Crippen molar-refractivity contribution >= 4 is 0 Å². The van der Waals surface area contributed by atoms with Gasteiger partial charge in [0.05, 0.1) is 0 Å². The van der Waals surface area contributed by atoms with Crippen molar-refractivity contribution in [3.05, 3.63) is 35.4 Å². The molecule has 0 amide bonds. The maximum absolute atomic E-state index is 2.64. The number of hydrogen-bond donors (Lipinski definition) is 0. The Morgan fingerprint density at radius 3 is 1.50 bits per heavy atom. The molecule has 2 saturated heterocycles. The Bertz CT molecular complexity index is 410. The first-order valence-corrected chi connectivity index (χ1v) is 9.28. The zero-order valence-corrected chi connectivity index (χ0v) is 14.4. The fourth-order valence-electron chi connectivity index (χ4n) is 4.00. The molecule has 0 radical (unpaired) electrons. The molecule has 2 heterocycles. The topological polar surface area (TPSA) is 6.48 Å². The molecule has 0 aromatic heterocycles. The lowest BCUT2D eigenvalue weighted by molar-refractivity contribution is 0.151. The highest BCUT2D eigenvalue weighted by Gasteiger charge is 2.19. The number of likely N-dealkylation sites (tertiary alicyclic amines) is 2.